The van der Waals surface area contributed by atoms with Gasteiger partial charge in [0.2, 0.25) is 0 Å². The van der Waals surface area contributed by atoms with E-state index in [2.05, 4.69) is 24.1 Å². The lowest BCUT2D eigenvalue weighted by Crippen LogP contribution is -2.29. The number of nitrogens with zero attached hydrogens (tertiary/aromatic N) is 2. The second kappa shape index (κ2) is 7.16. The molecule has 1 aromatic rings. The third-order valence-corrected chi connectivity index (χ3v) is 2.69. The Labute approximate surface area is 108 Å². The molecule has 0 bridgehead atoms. The Hall–Kier alpha value is -1.36. The number of hydrogen-bond acceptors (Lipinski definition) is 4. The molecule has 1 heterocycles. The monoisotopic (exact) mass is 253 g/mol. The van der Waals surface area contributed by atoms with E-state index in [1.54, 1.807) is 11.5 Å². The molecule has 0 unspecified atom stereocenters. The summed E-state index contributed by atoms with van der Waals surface area (Å²) in [7, 11) is 1.53. The van der Waals surface area contributed by atoms with E-state index in [1.165, 1.54) is 13.2 Å². The van der Waals surface area contributed by atoms with Crippen LogP contribution in [0.1, 0.15) is 26.0 Å². The smallest absolute Gasteiger partial charge is 0.299 e. The highest BCUT2D eigenvalue weighted by Crippen LogP contribution is 2.03. The van der Waals surface area contributed by atoms with E-state index in [9.17, 15) is 4.79 Å². The first-order valence-corrected chi connectivity index (χ1v) is 6.37. The minimum atomic E-state index is -0.0648. The Balaban J connectivity index is 2.54. The average molecular weight is 253 g/mol. The molecule has 0 spiro atoms. The zero-order valence-electron chi connectivity index (χ0n) is 11.7. The van der Waals surface area contributed by atoms with E-state index in [0.717, 1.165) is 19.5 Å². The van der Waals surface area contributed by atoms with Crippen molar-refractivity contribution in [3.8, 4) is 6.01 Å². The molecule has 0 aliphatic carbocycles. The van der Waals surface area contributed by atoms with Gasteiger partial charge in [0.25, 0.3) is 11.6 Å². The van der Waals surface area contributed by atoms with Crippen LogP contribution in [0.5, 0.6) is 6.01 Å². The van der Waals surface area contributed by atoms with Gasteiger partial charge in [-0.2, -0.15) is 0 Å². The molecule has 0 atom stereocenters. The van der Waals surface area contributed by atoms with Crippen molar-refractivity contribution in [1.29, 1.82) is 0 Å². The van der Waals surface area contributed by atoms with Gasteiger partial charge in [-0.25, -0.2) is 4.98 Å². The molecule has 1 rings (SSSR count). The van der Waals surface area contributed by atoms with Crippen molar-refractivity contribution in [1.82, 2.24) is 14.9 Å². The third-order valence-electron chi connectivity index (χ3n) is 2.69. The zero-order valence-corrected chi connectivity index (χ0v) is 11.7. The topological polar surface area (TPSA) is 56.1 Å². The van der Waals surface area contributed by atoms with Crippen LogP contribution in [-0.4, -0.2) is 29.8 Å². The number of aromatic nitrogens is 2. The molecule has 1 N–H and O–H groups in total. The molecule has 0 saturated carbocycles. The highest BCUT2D eigenvalue weighted by Gasteiger charge is 2.06. The number of nitrogens with one attached hydrogen (secondary N) is 1. The van der Waals surface area contributed by atoms with Crippen LogP contribution in [0, 0.1) is 12.8 Å². The fourth-order valence-corrected chi connectivity index (χ4v) is 1.66. The molecule has 0 saturated heterocycles. The predicted molar refractivity (Wildman–Crippen MR) is 72.1 cm³/mol. The van der Waals surface area contributed by atoms with Crippen molar-refractivity contribution in [2.24, 2.45) is 5.92 Å². The molecule has 0 amide bonds. The zero-order chi connectivity index (χ0) is 13.5. The Kier molecular flexibility index (Phi) is 5.85. The van der Waals surface area contributed by atoms with Gasteiger partial charge in [-0.3, -0.25) is 9.36 Å². The Morgan fingerprint density at radius 2 is 2.17 bits per heavy atom. The number of ether oxygens (including phenoxy) is 1. The van der Waals surface area contributed by atoms with E-state index in [1.807, 2.05) is 0 Å². The number of hydrogen-bond donors (Lipinski definition) is 1. The summed E-state index contributed by atoms with van der Waals surface area (Å²) >= 11 is 0. The van der Waals surface area contributed by atoms with Crippen LogP contribution in [0.2, 0.25) is 0 Å². The fraction of sp³-hybridized carbons (Fsp3) is 0.692. The first-order chi connectivity index (χ1) is 8.54. The normalized spacial score (nSPS) is 10.9. The van der Waals surface area contributed by atoms with E-state index < -0.39 is 0 Å². The van der Waals surface area contributed by atoms with Crippen molar-refractivity contribution < 1.29 is 4.74 Å². The summed E-state index contributed by atoms with van der Waals surface area (Å²) < 4.78 is 6.68. The molecule has 1 aromatic heterocycles. The quantitative estimate of drug-likeness (QED) is 0.742. The van der Waals surface area contributed by atoms with Gasteiger partial charge in [-0.15, -0.1) is 0 Å². The fourth-order valence-electron chi connectivity index (χ4n) is 1.66. The van der Waals surface area contributed by atoms with Gasteiger partial charge in [0.1, 0.15) is 0 Å². The van der Waals surface area contributed by atoms with Gasteiger partial charge in [0, 0.05) is 24.8 Å². The maximum atomic E-state index is 11.8. The van der Waals surface area contributed by atoms with Crippen molar-refractivity contribution in [3.63, 3.8) is 0 Å². The lowest BCUT2D eigenvalue weighted by Gasteiger charge is -2.12. The minimum Gasteiger partial charge on any atom is -0.468 e. The highest BCUT2D eigenvalue weighted by molar-refractivity contribution is 5.06. The summed E-state index contributed by atoms with van der Waals surface area (Å²) in [6.45, 7) is 8.46. The molecule has 0 radical (unpaired) electrons. The van der Waals surface area contributed by atoms with Gasteiger partial charge >= 0.3 is 0 Å². The van der Waals surface area contributed by atoms with Crippen LogP contribution in [0.15, 0.2) is 10.9 Å². The van der Waals surface area contributed by atoms with Crippen LogP contribution in [0.3, 0.4) is 0 Å². The van der Waals surface area contributed by atoms with Crippen molar-refractivity contribution >= 4 is 0 Å². The van der Waals surface area contributed by atoms with Crippen LogP contribution in [0.4, 0.5) is 0 Å². The van der Waals surface area contributed by atoms with Gasteiger partial charge in [0.05, 0.1) is 7.11 Å². The van der Waals surface area contributed by atoms with Crippen LogP contribution in [0.25, 0.3) is 0 Å². The lowest BCUT2D eigenvalue weighted by atomic mass is 10.1. The Morgan fingerprint density at radius 3 is 2.78 bits per heavy atom. The number of aryl methyl sites for hydroxylation is 1. The summed E-state index contributed by atoms with van der Waals surface area (Å²) in [5.41, 5.74) is 0.617. The Morgan fingerprint density at radius 1 is 1.44 bits per heavy atom. The minimum absolute atomic E-state index is 0.0648. The van der Waals surface area contributed by atoms with Crippen LogP contribution >= 0.6 is 0 Å². The van der Waals surface area contributed by atoms with Crippen molar-refractivity contribution in [3.05, 3.63) is 22.1 Å². The van der Waals surface area contributed by atoms with Gasteiger partial charge in [0.15, 0.2) is 0 Å². The maximum absolute atomic E-state index is 11.8. The van der Waals surface area contributed by atoms with Gasteiger partial charge in [-0.05, 0) is 25.8 Å². The second-order valence-electron chi connectivity index (χ2n) is 4.81. The largest absolute Gasteiger partial charge is 0.468 e. The molecule has 5 heteroatoms. The highest BCUT2D eigenvalue weighted by atomic mass is 16.5. The van der Waals surface area contributed by atoms with E-state index in [4.69, 9.17) is 4.74 Å². The van der Waals surface area contributed by atoms with E-state index in [-0.39, 0.29) is 5.56 Å². The standard InChI is InChI=1S/C13H23N3O2/c1-10(2)5-6-14-7-8-16-12(17)9-11(3)15-13(16)18-4/h9-10,14H,5-8H2,1-4H3. The first kappa shape index (κ1) is 14.7. The van der Waals surface area contributed by atoms with Gasteiger partial charge < -0.3 is 10.1 Å². The van der Waals surface area contributed by atoms with Crippen molar-refractivity contribution in [2.75, 3.05) is 20.2 Å². The maximum Gasteiger partial charge on any atom is 0.299 e. The summed E-state index contributed by atoms with van der Waals surface area (Å²) in [5, 5.41) is 3.32. The molecular weight excluding hydrogens is 230 g/mol. The van der Waals surface area contributed by atoms with Crippen molar-refractivity contribution in [2.45, 2.75) is 33.7 Å². The average Bonchev–Trinajstić information content (AvgIpc) is 2.30. The molecular formula is C13H23N3O2. The summed E-state index contributed by atoms with van der Waals surface area (Å²) in [6, 6.07) is 1.90. The summed E-state index contributed by atoms with van der Waals surface area (Å²) in [4.78, 5) is 16.0. The molecule has 5 nitrogen and oxygen atoms in total. The van der Waals surface area contributed by atoms with Gasteiger partial charge in [-0.1, -0.05) is 13.8 Å². The molecule has 0 aliphatic heterocycles. The molecule has 0 fully saturated rings. The molecule has 0 aliphatic rings. The van der Waals surface area contributed by atoms with E-state index in [0.29, 0.717) is 24.2 Å². The van der Waals surface area contributed by atoms with Crippen LogP contribution < -0.4 is 15.6 Å². The molecule has 102 valence electrons. The van der Waals surface area contributed by atoms with E-state index >= 15 is 0 Å². The second-order valence-corrected chi connectivity index (χ2v) is 4.81. The van der Waals surface area contributed by atoms with Crippen LogP contribution in [-0.2, 0) is 6.54 Å². The SMILES string of the molecule is COc1nc(C)cc(=O)n1CCNCCC(C)C. The summed E-state index contributed by atoms with van der Waals surface area (Å²) in [6.07, 6.45) is 1.14. The third kappa shape index (κ3) is 4.49. The molecule has 0 aromatic carbocycles. The Bertz CT molecular complexity index is 427. The molecule has 18 heavy (non-hydrogen) atoms. The number of methoxy groups -OCH3 is 1. The lowest BCUT2D eigenvalue weighted by molar-refractivity contribution is 0.342. The predicted octanol–water partition coefficient (Wildman–Crippen LogP) is 1.20. The summed E-state index contributed by atoms with van der Waals surface area (Å²) in [5.74, 6) is 0.691. The number of rotatable bonds is 7. The first-order valence-electron chi connectivity index (χ1n) is 6.37.